The molecule has 2 aromatic carbocycles. The van der Waals surface area contributed by atoms with Crippen LogP contribution in [0.1, 0.15) is 28.5 Å². The fourth-order valence-corrected chi connectivity index (χ4v) is 3.98. The molecular weight excluding hydrogens is 382 g/mol. The monoisotopic (exact) mass is 407 g/mol. The minimum Gasteiger partial charge on any atom is -0.378 e. The van der Waals surface area contributed by atoms with Gasteiger partial charge in [-0.15, -0.1) is 0 Å². The third-order valence-electron chi connectivity index (χ3n) is 5.66. The number of fused-ring (bicyclic) bond motifs is 1. The van der Waals surface area contributed by atoms with E-state index in [1.54, 1.807) is 17.6 Å². The van der Waals surface area contributed by atoms with Crippen LogP contribution in [0.2, 0.25) is 0 Å². The molecule has 1 fully saturated rings. The molecule has 4 rings (SSSR count). The molecule has 7 heteroatoms. The zero-order valence-electron chi connectivity index (χ0n) is 16.8. The van der Waals surface area contributed by atoms with Crippen molar-refractivity contribution < 1.29 is 19.5 Å². The quantitative estimate of drug-likeness (QED) is 0.432. The van der Waals surface area contributed by atoms with Crippen molar-refractivity contribution in [3.63, 3.8) is 0 Å². The number of hydrogen-bond acceptors (Lipinski definition) is 4. The molecule has 1 aliphatic rings. The van der Waals surface area contributed by atoms with E-state index >= 15 is 0 Å². The number of nitrogens with one attached hydrogen (secondary N) is 2. The van der Waals surface area contributed by atoms with Gasteiger partial charge in [0.1, 0.15) is 0 Å². The van der Waals surface area contributed by atoms with Gasteiger partial charge in [-0.25, -0.2) is 5.48 Å². The Hall–Kier alpha value is -3.16. The fourth-order valence-electron chi connectivity index (χ4n) is 3.98. The Morgan fingerprint density at radius 2 is 1.90 bits per heavy atom. The van der Waals surface area contributed by atoms with E-state index in [0.717, 1.165) is 18.5 Å². The van der Waals surface area contributed by atoms with Gasteiger partial charge in [0.25, 0.3) is 11.8 Å². The molecule has 0 unspecified atom stereocenters. The van der Waals surface area contributed by atoms with Gasteiger partial charge >= 0.3 is 0 Å². The second-order valence-electron chi connectivity index (χ2n) is 7.53. The molecule has 156 valence electrons. The van der Waals surface area contributed by atoms with Crippen molar-refractivity contribution in [1.82, 2.24) is 15.4 Å². The van der Waals surface area contributed by atoms with E-state index in [4.69, 9.17) is 9.94 Å². The van der Waals surface area contributed by atoms with E-state index in [0.29, 0.717) is 5.56 Å². The summed E-state index contributed by atoms with van der Waals surface area (Å²) >= 11 is 0. The van der Waals surface area contributed by atoms with Gasteiger partial charge in [-0.3, -0.25) is 14.8 Å². The second-order valence-corrected chi connectivity index (χ2v) is 7.53. The van der Waals surface area contributed by atoms with Crippen LogP contribution in [0.15, 0.2) is 54.6 Å². The summed E-state index contributed by atoms with van der Waals surface area (Å²) < 4.78 is 7.58. The Bertz CT molecular complexity index is 1060. The van der Waals surface area contributed by atoms with Crippen molar-refractivity contribution in [1.29, 1.82) is 0 Å². The number of ether oxygens (including phenoxy) is 1. The number of para-hydroxylation sites is 1. The van der Waals surface area contributed by atoms with Gasteiger partial charge in [0.2, 0.25) is 0 Å². The predicted molar refractivity (Wildman–Crippen MR) is 112 cm³/mol. The van der Waals surface area contributed by atoms with E-state index < -0.39 is 17.9 Å². The highest BCUT2D eigenvalue weighted by molar-refractivity contribution is 5.95. The first-order valence-electron chi connectivity index (χ1n) is 10.1. The van der Waals surface area contributed by atoms with Crippen molar-refractivity contribution in [2.24, 2.45) is 5.92 Å². The summed E-state index contributed by atoms with van der Waals surface area (Å²) in [6.45, 7) is 3.28. The Labute approximate surface area is 174 Å². The number of carbonyl (C=O) groups is 2. The van der Waals surface area contributed by atoms with Gasteiger partial charge < -0.3 is 14.6 Å². The van der Waals surface area contributed by atoms with E-state index in [-0.39, 0.29) is 19.1 Å². The van der Waals surface area contributed by atoms with Gasteiger partial charge in [0.05, 0.1) is 25.2 Å². The molecule has 1 aliphatic heterocycles. The molecule has 7 nitrogen and oxygen atoms in total. The minimum atomic E-state index is -0.604. The third kappa shape index (κ3) is 3.94. The van der Waals surface area contributed by atoms with Crippen LogP contribution in [-0.4, -0.2) is 40.8 Å². The van der Waals surface area contributed by atoms with Crippen LogP contribution in [0, 0.1) is 5.92 Å². The van der Waals surface area contributed by atoms with Gasteiger partial charge in [-0.2, -0.15) is 0 Å². The third-order valence-corrected chi connectivity index (χ3v) is 5.66. The minimum absolute atomic E-state index is 0.168. The summed E-state index contributed by atoms with van der Waals surface area (Å²) in [5.74, 6) is -1.43. The maximum absolute atomic E-state index is 12.6. The number of benzene rings is 2. The molecule has 3 aromatic rings. The standard InChI is InChI=1S/C23H25N3O4/c1-2-18-11-17-5-3-4-6-21(17)26(18)12-15-7-9-16(10-8-15)22(27)24-20-14-30-13-19(20)23(28)25-29/h3-11,19-20,29H,2,12-14H2,1H3,(H,24,27)(H,25,28)/t19-,20+/m0/s1. The van der Waals surface area contributed by atoms with Gasteiger partial charge in [0, 0.05) is 23.3 Å². The van der Waals surface area contributed by atoms with Crippen LogP contribution in [0.5, 0.6) is 0 Å². The number of hydrogen-bond donors (Lipinski definition) is 3. The highest BCUT2D eigenvalue weighted by Gasteiger charge is 2.35. The van der Waals surface area contributed by atoms with Crippen molar-refractivity contribution in [3.8, 4) is 0 Å². The number of aromatic nitrogens is 1. The Balaban J connectivity index is 1.47. The van der Waals surface area contributed by atoms with Crippen LogP contribution >= 0.6 is 0 Å². The summed E-state index contributed by atoms with van der Waals surface area (Å²) in [6.07, 6.45) is 0.946. The molecule has 30 heavy (non-hydrogen) atoms. The lowest BCUT2D eigenvalue weighted by Gasteiger charge is -2.17. The van der Waals surface area contributed by atoms with Crippen molar-refractivity contribution in [3.05, 3.63) is 71.4 Å². The molecule has 2 heterocycles. The van der Waals surface area contributed by atoms with Crippen LogP contribution in [-0.2, 0) is 22.5 Å². The molecule has 0 bridgehead atoms. The summed E-state index contributed by atoms with van der Waals surface area (Å²) in [5, 5.41) is 12.9. The molecule has 3 N–H and O–H groups in total. The summed E-state index contributed by atoms with van der Waals surface area (Å²) in [6, 6.07) is 17.6. The molecule has 0 spiro atoms. The lowest BCUT2D eigenvalue weighted by Crippen LogP contribution is -2.45. The Morgan fingerprint density at radius 3 is 2.63 bits per heavy atom. The lowest BCUT2D eigenvalue weighted by atomic mass is 10.0. The van der Waals surface area contributed by atoms with Crippen LogP contribution in [0.25, 0.3) is 10.9 Å². The van der Waals surface area contributed by atoms with Crippen LogP contribution in [0.4, 0.5) is 0 Å². The summed E-state index contributed by atoms with van der Waals surface area (Å²) in [7, 11) is 0. The Morgan fingerprint density at radius 1 is 1.13 bits per heavy atom. The smallest absolute Gasteiger partial charge is 0.251 e. The van der Waals surface area contributed by atoms with Crippen LogP contribution < -0.4 is 10.8 Å². The van der Waals surface area contributed by atoms with Crippen molar-refractivity contribution in [2.45, 2.75) is 25.9 Å². The van der Waals surface area contributed by atoms with Crippen molar-refractivity contribution in [2.75, 3.05) is 13.2 Å². The molecular formula is C23H25N3O4. The van der Waals surface area contributed by atoms with Gasteiger partial charge in [-0.1, -0.05) is 37.3 Å². The average Bonchev–Trinajstić information content (AvgIpc) is 3.38. The highest BCUT2D eigenvalue weighted by Crippen LogP contribution is 2.22. The maximum atomic E-state index is 12.6. The average molecular weight is 407 g/mol. The zero-order valence-corrected chi connectivity index (χ0v) is 16.8. The molecule has 1 aromatic heterocycles. The van der Waals surface area contributed by atoms with E-state index in [1.807, 2.05) is 24.3 Å². The van der Waals surface area contributed by atoms with Gasteiger partial charge in [0.15, 0.2) is 0 Å². The normalized spacial score (nSPS) is 18.5. The van der Waals surface area contributed by atoms with Crippen LogP contribution in [0.3, 0.4) is 0 Å². The summed E-state index contributed by atoms with van der Waals surface area (Å²) in [4.78, 5) is 24.3. The maximum Gasteiger partial charge on any atom is 0.251 e. The predicted octanol–water partition coefficient (Wildman–Crippen LogP) is 2.50. The zero-order chi connectivity index (χ0) is 21.1. The molecule has 1 saturated heterocycles. The molecule has 0 aliphatic carbocycles. The Kier molecular flexibility index (Phi) is 5.83. The van der Waals surface area contributed by atoms with E-state index in [9.17, 15) is 9.59 Å². The molecule has 2 atom stereocenters. The fraction of sp³-hybridized carbons (Fsp3) is 0.304. The first-order valence-corrected chi connectivity index (χ1v) is 10.1. The number of amides is 2. The van der Waals surface area contributed by atoms with E-state index in [2.05, 4.69) is 35.0 Å². The molecule has 0 saturated carbocycles. The van der Waals surface area contributed by atoms with Crippen molar-refractivity contribution >= 4 is 22.7 Å². The summed E-state index contributed by atoms with van der Waals surface area (Å²) in [5.41, 5.74) is 5.71. The van der Waals surface area contributed by atoms with Gasteiger partial charge in [-0.05, 0) is 41.6 Å². The first kappa shape index (κ1) is 20.1. The number of aryl methyl sites for hydroxylation is 1. The number of rotatable bonds is 6. The molecule has 2 amide bonds. The lowest BCUT2D eigenvalue weighted by molar-refractivity contribution is -0.133. The number of hydroxylamine groups is 1. The highest BCUT2D eigenvalue weighted by atomic mass is 16.5. The number of carbonyl (C=O) groups excluding carboxylic acids is 2. The van der Waals surface area contributed by atoms with E-state index in [1.165, 1.54) is 16.6 Å². The SMILES string of the molecule is CCc1cc2ccccc2n1Cc1ccc(C(=O)N[C@@H]2COC[C@@H]2C(=O)NO)cc1. The number of nitrogens with zero attached hydrogens (tertiary/aromatic N) is 1. The second kappa shape index (κ2) is 8.69. The molecule has 0 radical (unpaired) electrons. The topological polar surface area (TPSA) is 92.6 Å². The largest absolute Gasteiger partial charge is 0.378 e. The first-order chi connectivity index (χ1) is 14.6.